The van der Waals surface area contributed by atoms with Gasteiger partial charge in [-0.15, -0.1) is 11.6 Å². The molecule has 1 unspecified atom stereocenters. The second-order valence-corrected chi connectivity index (χ2v) is 8.86. The van der Waals surface area contributed by atoms with Crippen molar-refractivity contribution in [1.82, 2.24) is 10.2 Å². The highest BCUT2D eigenvalue weighted by atomic mass is 35.5. The van der Waals surface area contributed by atoms with Crippen LogP contribution in [-0.4, -0.2) is 61.6 Å². The van der Waals surface area contributed by atoms with Crippen molar-refractivity contribution in [2.45, 2.75) is 77.5 Å². The summed E-state index contributed by atoms with van der Waals surface area (Å²) in [4.78, 5) is 28.0. The van der Waals surface area contributed by atoms with Gasteiger partial charge in [0.05, 0.1) is 13.2 Å². The summed E-state index contributed by atoms with van der Waals surface area (Å²) in [5, 5.41) is 3.18. The van der Waals surface area contributed by atoms with Gasteiger partial charge in [-0.1, -0.05) is 25.3 Å². The number of rotatable bonds is 13. The van der Waals surface area contributed by atoms with Crippen molar-refractivity contribution in [3.63, 3.8) is 0 Å². The Morgan fingerprint density at radius 1 is 1.18 bits per heavy atom. The molecule has 1 aliphatic rings. The molecule has 0 spiro atoms. The van der Waals surface area contributed by atoms with Gasteiger partial charge < -0.3 is 24.4 Å². The molecule has 8 heteroatoms. The maximum absolute atomic E-state index is 13.6. The quantitative estimate of drug-likeness (QED) is 0.331. The van der Waals surface area contributed by atoms with E-state index in [-0.39, 0.29) is 29.8 Å². The molecular weight excluding hydrogens is 444 g/mol. The van der Waals surface area contributed by atoms with Gasteiger partial charge in [0, 0.05) is 25.8 Å². The SMILES string of the molecule is CCOCCCN(C(=O)CCl)C(C(=O)NC1CCCCC1)c1ccc(OC(C)C)c(OC)c1. The fourth-order valence-corrected chi connectivity index (χ4v) is 4.31. The van der Waals surface area contributed by atoms with Gasteiger partial charge in [0.2, 0.25) is 11.8 Å². The summed E-state index contributed by atoms with van der Waals surface area (Å²) in [6, 6.07) is 4.69. The third-order valence-electron chi connectivity index (χ3n) is 5.70. The normalized spacial score (nSPS) is 15.2. The van der Waals surface area contributed by atoms with Crippen LogP contribution in [0.15, 0.2) is 18.2 Å². The number of hydrogen-bond donors (Lipinski definition) is 1. The number of halogens is 1. The number of hydrogen-bond acceptors (Lipinski definition) is 5. The smallest absolute Gasteiger partial charge is 0.247 e. The van der Waals surface area contributed by atoms with Crippen LogP contribution in [0.3, 0.4) is 0 Å². The predicted molar refractivity (Wildman–Crippen MR) is 130 cm³/mol. The number of benzene rings is 1. The van der Waals surface area contributed by atoms with Crippen molar-refractivity contribution in [2.75, 3.05) is 32.7 Å². The van der Waals surface area contributed by atoms with Gasteiger partial charge in [-0.05, 0) is 57.7 Å². The van der Waals surface area contributed by atoms with E-state index >= 15 is 0 Å². The first kappa shape index (κ1) is 27.3. The third kappa shape index (κ3) is 8.38. The maximum Gasteiger partial charge on any atom is 0.247 e. The van der Waals surface area contributed by atoms with Crippen LogP contribution in [-0.2, 0) is 14.3 Å². The molecule has 1 saturated carbocycles. The first-order chi connectivity index (χ1) is 15.9. The molecule has 1 aromatic carbocycles. The third-order valence-corrected chi connectivity index (χ3v) is 5.93. The molecule has 1 fully saturated rings. The van der Waals surface area contributed by atoms with Gasteiger partial charge in [0.1, 0.15) is 11.9 Å². The molecule has 0 heterocycles. The largest absolute Gasteiger partial charge is 0.493 e. The Kier molecular flexibility index (Phi) is 11.8. The minimum atomic E-state index is -0.818. The lowest BCUT2D eigenvalue weighted by atomic mass is 9.94. The molecule has 1 N–H and O–H groups in total. The lowest BCUT2D eigenvalue weighted by molar-refractivity contribution is -0.139. The monoisotopic (exact) mass is 482 g/mol. The number of carbonyl (C=O) groups excluding carboxylic acids is 2. The minimum Gasteiger partial charge on any atom is -0.493 e. The minimum absolute atomic E-state index is 0.0250. The van der Waals surface area contributed by atoms with Crippen LogP contribution in [0.5, 0.6) is 11.5 Å². The molecule has 0 radical (unpaired) electrons. The number of alkyl halides is 1. The van der Waals surface area contributed by atoms with E-state index < -0.39 is 6.04 Å². The number of ether oxygens (including phenoxy) is 3. The number of methoxy groups -OCH3 is 1. The Balaban J connectivity index is 2.38. The first-order valence-electron chi connectivity index (χ1n) is 12.0. The average molecular weight is 483 g/mol. The van der Waals surface area contributed by atoms with Crippen LogP contribution < -0.4 is 14.8 Å². The van der Waals surface area contributed by atoms with E-state index in [0.717, 1.165) is 25.7 Å². The second-order valence-electron chi connectivity index (χ2n) is 8.59. The Hall–Kier alpha value is -1.99. The molecule has 0 aromatic heterocycles. The molecule has 0 aliphatic heterocycles. The van der Waals surface area contributed by atoms with E-state index in [4.69, 9.17) is 25.8 Å². The van der Waals surface area contributed by atoms with Crippen molar-refractivity contribution in [3.05, 3.63) is 23.8 Å². The fraction of sp³-hybridized carbons (Fsp3) is 0.680. The van der Waals surface area contributed by atoms with Gasteiger partial charge in [0.25, 0.3) is 0 Å². The highest BCUT2D eigenvalue weighted by Crippen LogP contribution is 2.33. The van der Waals surface area contributed by atoms with Crippen molar-refractivity contribution in [3.8, 4) is 11.5 Å². The lowest BCUT2D eigenvalue weighted by Gasteiger charge is -2.33. The van der Waals surface area contributed by atoms with E-state index in [1.54, 1.807) is 24.1 Å². The molecular formula is C25H39ClN2O5. The molecule has 186 valence electrons. The number of nitrogens with zero attached hydrogens (tertiary/aromatic N) is 1. The van der Waals surface area contributed by atoms with Crippen LogP contribution in [0.1, 0.15) is 70.9 Å². The highest BCUT2D eigenvalue weighted by molar-refractivity contribution is 6.27. The maximum atomic E-state index is 13.6. The lowest BCUT2D eigenvalue weighted by Crippen LogP contribution is -2.48. The van der Waals surface area contributed by atoms with Gasteiger partial charge in [-0.2, -0.15) is 0 Å². The summed E-state index contributed by atoms with van der Waals surface area (Å²) >= 11 is 5.96. The fourth-order valence-electron chi connectivity index (χ4n) is 4.16. The molecule has 1 aliphatic carbocycles. The zero-order chi connectivity index (χ0) is 24.2. The Bertz CT molecular complexity index is 752. The molecule has 0 bridgehead atoms. The van der Waals surface area contributed by atoms with E-state index in [1.807, 2.05) is 26.8 Å². The number of nitrogens with one attached hydrogen (secondary N) is 1. The molecule has 2 amide bonds. The number of carbonyl (C=O) groups is 2. The van der Waals surface area contributed by atoms with Gasteiger partial charge in [-0.25, -0.2) is 0 Å². The molecule has 2 rings (SSSR count). The topological polar surface area (TPSA) is 77.1 Å². The van der Waals surface area contributed by atoms with Crippen LogP contribution in [0.2, 0.25) is 0 Å². The summed E-state index contributed by atoms with van der Waals surface area (Å²) in [5.41, 5.74) is 0.658. The molecule has 1 aromatic rings. The summed E-state index contributed by atoms with van der Waals surface area (Å²) in [5.74, 6) is 0.418. The Morgan fingerprint density at radius 2 is 1.91 bits per heavy atom. The average Bonchev–Trinajstić information content (AvgIpc) is 2.81. The van der Waals surface area contributed by atoms with Crippen molar-refractivity contribution in [1.29, 1.82) is 0 Å². The summed E-state index contributed by atoms with van der Waals surface area (Å²) in [6.07, 6.45) is 5.89. The van der Waals surface area contributed by atoms with Crippen LogP contribution in [0.4, 0.5) is 0 Å². The number of amides is 2. The second kappa shape index (κ2) is 14.3. The van der Waals surface area contributed by atoms with Crippen molar-refractivity contribution in [2.24, 2.45) is 0 Å². The van der Waals surface area contributed by atoms with Crippen molar-refractivity contribution >= 4 is 23.4 Å². The molecule has 0 saturated heterocycles. The van der Waals surface area contributed by atoms with Gasteiger partial charge in [0.15, 0.2) is 11.5 Å². The van der Waals surface area contributed by atoms with E-state index in [0.29, 0.717) is 43.2 Å². The highest BCUT2D eigenvalue weighted by Gasteiger charge is 2.33. The van der Waals surface area contributed by atoms with Crippen molar-refractivity contribution < 1.29 is 23.8 Å². The van der Waals surface area contributed by atoms with Crippen LogP contribution >= 0.6 is 11.6 Å². The zero-order valence-corrected chi connectivity index (χ0v) is 21.2. The van der Waals surface area contributed by atoms with Gasteiger partial charge in [-0.3, -0.25) is 9.59 Å². The predicted octanol–water partition coefficient (Wildman–Crippen LogP) is 4.47. The Labute approximate surface area is 203 Å². The van der Waals surface area contributed by atoms with Gasteiger partial charge >= 0.3 is 0 Å². The zero-order valence-electron chi connectivity index (χ0n) is 20.4. The molecule has 33 heavy (non-hydrogen) atoms. The summed E-state index contributed by atoms with van der Waals surface area (Å²) in [7, 11) is 1.56. The summed E-state index contributed by atoms with van der Waals surface area (Å²) in [6.45, 7) is 7.27. The van der Waals surface area contributed by atoms with Crippen LogP contribution in [0, 0.1) is 0 Å². The standard InChI is InChI=1S/C25H39ClN2O5/c1-5-32-15-9-14-28(23(29)17-26)24(25(30)27-20-10-7-6-8-11-20)19-12-13-21(33-18(2)3)22(16-19)31-4/h12-13,16,18,20,24H,5-11,14-15,17H2,1-4H3,(H,27,30). The molecule has 7 nitrogen and oxygen atoms in total. The van der Waals surface area contributed by atoms with E-state index in [2.05, 4.69) is 5.32 Å². The van der Waals surface area contributed by atoms with Crippen LogP contribution in [0.25, 0.3) is 0 Å². The van der Waals surface area contributed by atoms with E-state index in [9.17, 15) is 9.59 Å². The van der Waals surface area contributed by atoms with E-state index in [1.165, 1.54) is 6.42 Å². The first-order valence-corrected chi connectivity index (χ1v) is 12.5. The molecule has 1 atom stereocenters. The summed E-state index contributed by atoms with van der Waals surface area (Å²) < 4.78 is 16.8. The Morgan fingerprint density at radius 3 is 2.52 bits per heavy atom.